The number of nitrogens with zero attached hydrogens (tertiary/aromatic N) is 5. The maximum absolute atomic E-state index is 13.5. The van der Waals surface area contributed by atoms with Crippen molar-refractivity contribution in [1.29, 1.82) is 0 Å². The van der Waals surface area contributed by atoms with Crippen molar-refractivity contribution < 1.29 is 27.1 Å². The third-order valence-corrected chi connectivity index (χ3v) is 5.96. The Kier molecular flexibility index (Phi) is 7.01. The average molecular weight is 479 g/mol. The molecular weight excluding hydrogens is 454 g/mol. The van der Waals surface area contributed by atoms with Gasteiger partial charge in [0.15, 0.2) is 5.65 Å². The first kappa shape index (κ1) is 23.9. The number of hydrogen-bond acceptors (Lipinski definition) is 5. The van der Waals surface area contributed by atoms with Gasteiger partial charge >= 0.3 is 0 Å². The van der Waals surface area contributed by atoms with Gasteiger partial charge in [-0.25, -0.2) is 27.2 Å². The number of methoxy groups -OCH3 is 1. The van der Waals surface area contributed by atoms with Gasteiger partial charge in [0, 0.05) is 38.3 Å². The van der Waals surface area contributed by atoms with Gasteiger partial charge in [0.2, 0.25) is 5.91 Å². The van der Waals surface area contributed by atoms with E-state index in [4.69, 9.17) is 4.74 Å². The molecule has 0 saturated carbocycles. The number of piperazine rings is 1. The molecule has 11 heteroatoms. The van der Waals surface area contributed by atoms with Crippen molar-refractivity contribution >= 4 is 16.9 Å². The molecule has 182 valence electrons. The van der Waals surface area contributed by atoms with Gasteiger partial charge in [-0.05, 0) is 30.7 Å². The van der Waals surface area contributed by atoms with E-state index in [1.54, 1.807) is 12.0 Å². The molecule has 1 fully saturated rings. The second-order valence-corrected chi connectivity index (χ2v) is 8.18. The predicted molar refractivity (Wildman–Crippen MR) is 117 cm³/mol. The Labute approximate surface area is 193 Å². The number of aromatic nitrogens is 3. The fourth-order valence-corrected chi connectivity index (χ4v) is 4.17. The minimum atomic E-state index is -3.01. The smallest absolute Gasteiger partial charge is 0.280 e. The summed E-state index contributed by atoms with van der Waals surface area (Å²) in [5.41, 5.74) is -0.0881. The van der Waals surface area contributed by atoms with E-state index in [0.29, 0.717) is 32.2 Å². The predicted octanol–water partition coefficient (Wildman–Crippen LogP) is 3.97. The van der Waals surface area contributed by atoms with Crippen molar-refractivity contribution in [3.8, 4) is 5.75 Å². The minimum Gasteiger partial charge on any atom is -0.497 e. The summed E-state index contributed by atoms with van der Waals surface area (Å²) >= 11 is 0. The summed E-state index contributed by atoms with van der Waals surface area (Å²) in [5, 5.41) is 4.17. The lowest BCUT2D eigenvalue weighted by Crippen LogP contribution is -2.49. The summed E-state index contributed by atoms with van der Waals surface area (Å²) in [5.74, 6) is 0.521. The first-order valence-electron chi connectivity index (χ1n) is 10.8. The topological polar surface area (TPSA) is 63.5 Å². The van der Waals surface area contributed by atoms with E-state index in [2.05, 4.69) is 15.0 Å². The molecule has 1 aliphatic heterocycles. The number of carbonyl (C=O) groups is 1. The van der Waals surface area contributed by atoms with Crippen LogP contribution in [0.15, 0.2) is 30.3 Å². The van der Waals surface area contributed by atoms with Gasteiger partial charge in [-0.2, -0.15) is 5.10 Å². The number of aryl methyl sites for hydroxylation is 1. The van der Waals surface area contributed by atoms with Crippen LogP contribution in [0, 0.1) is 6.92 Å². The number of alkyl halides is 4. The lowest BCUT2D eigenvalue weighted by Gasteiger charge is -2.34. The molecule has 0 radical (unpaired) electrons. The van der Waals surface area contributed by atoms with Crippen LogP contribution in [0.4, 0.5) is 17.6 Å². The molecule has 3 heterocycles. The number of carbonyl (C=O) groups excluding carboxylic acids is 1. The van der Waals surface area contributed by atoms with Crippen LogP contribution in [0.5, 0.6) is 5.75 Å². The number of ether oxygens (including phenoxy) is 1. The molecule has 4 rings (SSSR count). The van der Waals surface area contributed by atoms with Gasteiger partial charge in [0.25, 0.3) is 12.9 Å². The Morgan fingerprint density at radius 3 is 2.32 bits per heavy atom. The Bertz CT molecular complexity index is 1160. The van der Waals surface area contributed by atoms with E-state index in [1.807, 2.05) is 24.3 Å². The summed E-state index contributed by atoms with van der Waals surface area (Å²) < 4.78 is 59.8. The minimum absolute atomic E-state index is 0.0107. The molecule has 0 unspecified atom stereocenters. The highest BCUT2D eigenvalue weighted by atomic mass is 19.3. The Morgan fingerprint density at radius 1 is 1.06 bits per heavy atom. The van der Waals surface area contributed by atoms with Crippen molar-refractivity contribution in [1.82, 2.24) is 24.6 Å². The number of rotatable bonds is 7. The van der Waals surface area contributed by atoms with Gasteiger partial charge in [-0.1, -0.05) is 12.1 Å². The van der Waals surface area contributed by atoms with E-state index in [0.717, 1.165) is 22.5 Å². The quantitative estimate of drug-likeness (QED) is 0.480. The second-order valence-electron chi connectivity index (χ2n) is 8.18. The van der Waals surface area contributed by atoms with Crippen LogP contribution < -0.4 is 4.74 Å². The first-order valence-corrected chi connectivity index (χ1v) is 10.8. The molecule has 3 aromatic rings. The average Bonchev–Trinajstić information content (AvgIpc) is 3.14. The lowest BCUT2D eigenvalue weighted by atomic mass is 10.1. The molecule has 0 spiro atoms. The number of pyridine rings is 1. The molecule has 1 saturated heterocycles. The summed E-state index contributed by atoms with van der Waals surface area (Å²) in [4.78, 5) is 20.6. The van der Waals surface area contributed by atoms with E-state index < -0.39 is 24.1 Å². The van der Waals surface area contributed by atoms with Crippen LogP contribution in [0.1, 0.15) is 35.4 Å². The molecule has 1 aliphatic rings. The monoisotopic (exact) mass is 479 g/mol. The Hall–Kier alpha value is -3.21. The molecule has 0 bridgehead atoms. The maximum atomic E-state index is 13.5. The number of amides is 1. The van der Waals surface area contributed by atoms with Crippen molar-refractivity contribution in [3.05, 3.63) is 52.8 Å². The zero-order valence-electron chi connectivity index (χ0n) is 18.8. The van der Waals surface area contributed by atoms with Gasteiger partial charge in [-0.15, -0.1) is 0 Å². The van der Waals surface area contributed by atoms with Crippen molar-refractivity contribution in [2.45, 2.75) is 32.9 Å². The number of hydrogen-bond donors (Lipinski definition) is 0. The van der Waals surface area contributed by atoms with Crippen molar-refractivity contribution in [3.63, 3.8) is 0 Å². The summed E-state index contributed by atoms with van der Waals surface area (Å²) in [6.45, 7) is 4.30. The van der Waals surface area contributed by atoms with Crippen LogP contribution in [-0.4, -0.2) is 63.8 Å². The van der Waals surface area contributed by atoms with Crippen LogP contribution in [-0.2, 0) is 17.9 Å². The highest BCUT2D eigenvalue weighted by Crippen LogP contribution is 2.32. The molecule has 2 aromatic heterocycles. The van der Waals surface area contributed by atoms with E-state index in [1.165, 1.54) is 6.92 Å². The largest absolute Gasteiger partial charge is 0.497 e. The standard InChI is InChI=1S/C23H25F4N5O2/c1-14-20-17(21(24)25)11-18(22(26)27)28-23(20)32(29-14)13-19(33)31-9-7-30(8-10-31)12-15-3-5-16(34-2)6-4-15/h3-6,11,21-22H,7-10,12-13H2,1-2H3. The van der Waals surface area contributed by atoms with Crippen molar-refractivity contribution in [2.24, 2.45) is 0 Å². The zero-order chi connectivity index (χ0) is 24.4. The Balaban J connectivity index is 1.44. The molecule has 0 aliphatic carbocycles. The highest BCUT2D eigenvalue weighted by molar-refractivity contribution is 5.85. The molecule has 0 atom stereocenters. The van der Waals surface area contributed by atoms with Gasteiger partial charge in [0.05, 0.1) is 18.2 Å². The number of halogens is 4. The molecule has 1 aromatic carbocycles. The summed E-state index contributed by atoms with van der Waals surface area (Å²) in [6, 6.07) is 8.50. The highest BCUT2D eigenvalue weighted by Gasteiger charge is 2.26. The third kappa shape index (κ3) is 4.98. The molecule has 0 N–H and O–H groups in total. The van der Waals surface area contributed by atoms with Crippen LogP contribution in [0.25, 0.3) is 11.0 Å². The number of fused-ring (bicyclic) bond motifs is 1. The lowest BCUT2D eigenvalue weighted by molar-refractivity contribution is -0.133. The molecular formula is C23H25F4N5O2. The third-order valence-electron chi connectivity index (χ3n) is 5.96. The first-order chi connectivity index (χ1) is 16.3. The fraction of sp³-hybridized carbons (Fsp3) is 0.435. The zero-order valence-corrected chi connectivity index (χ0v) is 18.8. The molecule has 1 amide bonds. The van der Waals surface area contributed by atoms with Gasteiger partial charge in [0.1, 0.15) is 18.0 Å². The fourth-order valence-electron chi connectivity index (χ4n) is 4.17. The normalized spacial score (nSPS) is 15.0. The van der Waals surface area contributed by atoms with Gasteiger partial charge in [-0.3, -0.25) is 9.69 Å². The van der Waals surface area contributed by atoms with Gasteiger partial charge < -0.3 is 9.64 Å². The van der Waals surface area contributed by atoms with Crippen LogP contribution in [0.3, 0.4) is 0 Å². The van der Waals surface area contributed by atoms with E-state index in [9.17, 15) is 22.4 Å². The van der Waals surface area contributed by atoms with Crippen LogP contribution >= 0.6 is 0 Å². The second kappa shape index (κ2) is 9.96. The molecule has 34 heavy (non-hydrogen) atoms. The molecule has 7 nitrogen and oxygen atoms in total. The summed E-state index contributed by atoms with van der Waals surface area (Å²) in [6.07, 6.45) is -5.98. The van der Waals surface area contributed by atoms with Crippen molar-refractivity contribution in [2.75, 3.05) is 33.3 Å². The van der Waals surface area contributed by atoms with E-state index in [-0.39, 0.29) is 29.2 Å². The number of benzene rings is 1. The summed E-state index contributed by atoms with van der Waals surface area (Å²) in [7, 11) is 1.62. The Morgan fingerprint density at radius 2 is 1.74 bits per heavy atom. The van der Waals surface area contributed by atoms with Crippen LogP contribution in [0.2, 0.25) is 0 Å². The van der Waals surface area contributed by atoms with E-state index >= 15 is 0 Å². The SMILES string of the molecule is COc1ccc(CN2CCN(C(=O)Cn3nc(C)c4c(C(F)F)cc(C(F)F)nc43)CC2)cc1. The maximum Gasteiger partial charge on any atom is 0.280 e.